The molecule has 0 saturated carbocycles. The van der Waals surface area contributed by atoms with Gasteiger partial charge in [-0.25, -0.2) is 4.98 Å². The molecule has 0 aromatic carbocycles. The number of nitrogens with one attached hydrogen (secondary N) is 1. The number of hydrogen-bond acceptors (Lipinski definition) is 4. The number of aromatic nitrogens is 1. The van der Waals surface area contributed by atoms with Gasteiger partial charge < -0.3 is 5.32 Å². The predicted octanol–water partition coefficient (Wildman–Crippen LogP) is 2.80. The summed E-state index contributed by atoms with van der Waals surface area (Å²) in [7, 11) is 0. The van der Waals surface area contributed by atoms with E-state index < -0.39 is 0 Å². The SMILES string of the molecule is CC(C)Nc1csc(C(=O)C(C)C)n1. The van der Waals surface area contributed by atoms with Gasteiger partial charge in [0.25, 0.3) is 0 Å². The Labute approximate surface area is 88.6 Å². The summed E-state index contributed by atoms with van der Waals surface area (Å²) in [6, 6.07) is 0.346. The molecule has 1 rings (SSSR count). The molecule has 0 fully saturated rings. The van der Waals surface area contributed by atoms with Crippen LogP contribution in [-0.4, -0.2) is 16.8 Å². The zero-order valence-corrected chi connectivity index (χ0v) is 9.81. The van der Waals surface area contributed by atoms with Crippen molar-refractivity contribution in [3.63, 3.8) is 0 Å². The monoisotopic (exact) mass is 212 g/mol. The molecule has 1 heterocycles. The van der Waals surface area contributed by atoms with Crippen LogP contribution in [0.4, 0.5) is 5.82 Å². The molecule has 0 aliphatic heterocycles. The van der Waals surface area contributed by atoms with Gasteiger partial charge in [0.2, 0.25) is 0 Å². The summed E-state index contributed by atoms with van der Waals surface area (Å²) >= 11 is 1.40. The molecule has 78 valence electrons. The van der Waals surface area contributed by atoms with Crippen molar-refractivity contribution in [1.29, 1.82) is 0 Å². The Bertz CT molecular complexity index is 318. The minimum atomic E-state index is 0.0213. The van der Waals surface area contributed by atoms with Crippen LogP contribution in [0.1, 0.15) is 37.5 Å². The topological polar surface area (TPSA) is 42.0 Å². The molecule has 0 atom stereocenters. The fourth-order valence-corrected chi connectivity index (χ4v) is 1.84. The Balaban J connectivity index is 2.73. The van der Waals surface area contributed by atoms with Crippen molar-refractivity contribution in [2.24, 2.45) is 5.92 Å². The highest BCUT2D eigenvalue weighted by Gasteiger charge is 2.14. The Morgan fingerprint density at radius 3 is 2.57 bits per heavy atom. The molecule has 0 amide bonds. The van der Waals surface area contributed by atoms with Gasteiger partial charge in [0.1, 0.15) is 5.82 Å². The maximum atomic E-state index is 11.6. The second kappa shape index (κ2) is 4.55. The Morgan fingerprint density at radius 2 is 2.07 bits per heavy atom. The van der Waals surface area contributed by atoms with Crippen molar-refractivity contribution in [3.05, 3.63) is 10.4 Å². The lowest BCUT2D eigenvalue weighted by Gasteiger charge is -2.05. The smallest absolute Gasteiger partial charge is 0.193 e. The molecule has 4 heteroatoms. The van der Waals surface area contributed by atoms with Gasteiger partial charge in [-0.1, -0.05) is 13.8 Å². The molecule has 3 nitrogen and oxygen atoms in total. The summed E-state index contributed by atoms with van der Waals surface area (Å²) in [5.41, 5.74) is 0. The van der Waals surface area contributed by atoms with Crippen molar-refractivity contribution < 1.29 is 4.79 Å². The molecule has 14 heavy (non-hydrogen) atoms. The minimum absolute atomic E-state index is 0.0213. The highest BCUT2D eigenvalue weighted by molar-refractivity contribution is 7.12. The van der Waals surface area contributed by atoms with Gasteiger partial charge in [0, 0.05) is 17.3 Å². The first-order valence-electron chi connectivity index (χ1n) is 4.77. The molecular formula is C10H16N2OS. The predicted molar refractivity (Wildman–Crippen MR) is 60.0 cm³/mol. The highest BCUT2D eigenvalue weighted by atomic mass is 32.1. The van der Waals surface area contributed by atoms with Gasteiger partial charge in [-0.3, -0.25) is 4.79 Å². The van der Waals surface area contributed by atoms with Crippen molar-refractivity contribution in [2.45, 2.75) is 33.7 Å². The Morgan fingerprint density at radius 1 is 1.43 bits per heavy atom. The van der Waals surface area contributed by atoms with Crippen LogP contribution in [0.2, 0.25) is 0 Å². The molecular weight excluding hydrogens is 196 g/mol. The second-order valence-electron chi connectivity index (χ2n) is 3.86. The summed E-state index contributed by atoms with van der Waals surface area (Å²) in [6.07, 6.45) is 0. The standard InChI is InChI=1S/C10H16N2OS/c1-6(2)9(13)10-12-8(5-14-10)11-7(3)4/h5-7,11H,1-4H3. The van der Waals surface area contributed by atoms with Crippen LogP contribution in [0.3, 0.4) is 0 Å². The summed E-state index contributed by atoms with van der Waals surface area (Å²) in [4.78, 5) is 15.8. The van der Waals surface area contributed by atoms with Crippen LogP contribution in [-0.2, 0) is 0 Å². The lowest BCUT2D eigenvalue weighted by atomic mass is 10.1. The molecule has 1 aromatic rings. The first kappa shape index (κ1) is 11.2. The number of hydrogen-bond donors (Lipinski definition) is 1. The van der Waals surface area contributed by atoms with E-state index in [2.05, 4.69) is 10.3 Å². The van der Waals surface area contributed by atoms with Gasteiger partial charge in [0.15, 0.2) is 10.8 Å². The zero-order chi connectivity index (χ0) is 10.7. The van der Waals surface area contributed by atoms with E-state index in [9.17, 15) is 4.79 Å². The highest BCUT2D eigenvalue weighted by Crippen LogP contribution is 2.18. The van der Waals surface area contributed by atoms with Gasteiger partial charge in [-0.05, 0) is 13.8 Å². The number of carbonyl (C=O) groups is 1. The summed E-state index contributed by atoms with van der Waals surface area (Å²) in [5, 5.41) is 5.65. The van der Waals surface area contributed by atoms with Crippen molar-refractivity contribution in [1.82, 2.24) is 4.98 Å². The van der Waals surface area contributed by atoms with Crippen LogP contribution in [0, 0.1) is 5.92 Å². The second-order valence-corrected chi connectivity index (χ2v) is 4.71. The van der Waals surface area contributed by atoms with Crippen LogP contribution >= 0.6 is 11.3 Å². The average molecular weight is 212 g/mol. The quantitative estimate of drug-likeness (QED) is 0.780. The number of rotatable bonds is 4. The number of nitrogens with zero attached hydrogens (tertiary/aromatic N) is 1. The molecule has 0 aliphatic carbocycles. The van der Waals surface area contributed by atoms with Crippen molar-refractivity contribution >= 4 is 22.9 Å². The van der Waals surface area contributed by atoms with E-state index in [4.69, 9.17) is 0 Å². The van der Waals surface area contributed by atoms with E-state index in [1.165, 1.54) is 11.3 Å². The maximum absolute atomic E-state index is 11.6. The number of Topliss-reactive ketones (excluding diaryl/α,β-unsaturated/α-hetero) is 1. The normalized spacial score (nSPS) is 11.0. The minimum Gasteiger partial charge on any atom is -0.367 e. The van der Waals surface area contributed by atoms with Gasteiger partial charge in [-0.15, -0.1) is 11.3 Å². The van der Waals surface area contributed by atoms with Gasteiger partial charge >= 0.3 is 0 Å². The number of thiazole rings is 1. The van der Waals surface area contributed by atoms with Crippen molar-refractivity contribution in [3.8, 4) is 0 Å². The molecule has 0 bridgehead atoms. The van der Waals surface area contributed by atoms with E-state index in [0.717, 1.165) is 5.82 Å². The molecule has 0 radical (unpaired) electrons. The molecule has 0 spiro atoms. The number of ketones is 1. The largest absolute Gasteiger partial charge is 0.367 e. The Hall–Kier alpha value is -0.900. The third-order valence-electron chi connectivity index (χ3n) is 1.68. The fraction of sp³-hybridized carbons (Fsp3) is 0.600. The van der Waals surface area contributed by atoms with Crippen LogP contribution < -0.4 is 5.32 Å². The summed E-state index contributed by atoms with van der Waals surface area (Å²) < 4.78 is 0. The first-order chi connectivity index (χ1) is 6.50. The molecule has 1 aromatic heterocycles. The summed E-state index contributed by atoms with van der Waals surface area (Å²) in [5.74, 6) is 0.939. The van der Waals surface area contributed by atoms with Crippen LogP contribution in [0.25, 0.3) is 0 Å². The molecule has 1 N–H and O–H groups in total. The van der Waals surface area contributed by atoms with E-state index in [1.807, 2.05) is 33.1 Å². The molecule has 0 saturated heterocycles. The molecule has 0 aliphatic rings. The third kappa shape index (κ3) is 2.80. The first-order valence-corrected chi connectivity index (χ1v) is 5.65. The Kier molecular flexibility index (Phi) is 3.63. The number of anilines is 1. The third-order valence-corrected chi connectivity index (χ3v) is 2.53. The lowest BCUT2D eigenvalue weighted by Crippen LogP contribution is -2.11. The van der Waals surface area contributed by atoms with Gasteiger partial charge in [0.05, 0.1) is 0 Å². The van der Waals surface area contributed by atoms with E-state index in [0.29, 0.717) is 11.0 Å². The van der Waals surface area contributed by atoms with E-state index in [-0.39, 0.29) is 11.7 Å². The van der Waals surface area contributed by atoms with Crippen LogP contribution in [0.15, 0.2) is 5.38 Å². The lowest BCUT2D eigenvalue weighted by molar-refractivity contribution is 0.0939. The number of carbonyl (C=O) groups excluding carboxylic acids is 1. The fourth-order valence-electron chi connectivity index (χ4n) is 0.996. The van der Waals surface area contributed by atoms with Crippen molar-refractivity contribution in [2.75, 3.05) is 5.32 Å². The van der Waals surface area contributed by atoms with E-state index >= 15 is 0 Å². The summed E-state index contributed by atoms with van der Waals surface area (Å²) in [6.45, 7) is 7.87. The zero-order valence-electron chi connectivity index (χ0n) is 9.00. The molecule has 0 unspecified atom stereocenters. The van der Waals surface area contributed by atoms with E-state index in [1.54, 1.807) is 0 Å². The average Bonchev–Trinajstić information content (AvgIpc) is 2.50. The maximum Gasteiger partial charge on any atom is 0.193 e. The van der Waals surface area contributed by atoms with Crippen LogP contribution in [0.5, 0.6) is 0 Å². The van der Waals surface area contributed by atoms with Gasteiger partial charge in [-0.2, -0.15) is 0 Å².